The first-order chi connectivity index (χ1) is 10.5. The maximum Gasteiger partial charge on any atom is 0.124 e. The molecule has 2 rings (SSSR count). The average Bonchev–Trinajstić information content (AvgIpc) is 2.48. The number of hydrogen-bond acceptors (Lipinski definition) is 4. The van der Waals surface area contributed by atoms with Gasteiger partial charge >= 0.3 is 0 Å². The van der Waals surface area contributed by atoms with E-state index < -0.39 is 0 Å². The summed E-state index contributed by atoms with van der Waals surface area (Å²) < 4.78 is 0. The van der Waals surface area contributed by atoms with Crippen molar-refractivity contribution < 1.29 is 5.11 Å². The van der Waals surface area contributed by atoms with E-state index in [1.807, 2.05) is 74.5 Å². The minimum absolute atomic E-state index is 0.254. The summed E-state index contributed by atoms with van der Waals surface area (Å²) in [5.41, 5.74) is 3.40. The number of para-hydroxylation sites is 1. The number of anilines is 1. The molecule has 3 nitrogen and oxygen atoms in total. The van der Waals surface area contributed by atoms with Crippen LogP contribution in [0.3, 0.4) is 0 Å². The Balaban J connectivity index is 2.20. The smallest absolute Gasteiger partial charge is 0.124 e. The molecule has 0 saturated carbocycles. The zero-order valence-electron chi connectivity index (χ0n) is 13.0. The first-order valence-electron chi connectivity index (χ1n) is 6.99. The van der Waals surface area contributed by atoms with Crippen molar-refractivity contribution in [2.75, 3.05) is 19.0 Å². The van der Waals surface area contributed by atoms with E-state index in [4.69, 9.17) is 0 Å². The molecule has 0 fully saturated rings. The third-order valence-electron chi connectivity index (χ3n) is 3.21. The van der Waals surface area contributed by atoms with Gasteiger partial charge in [0.05, 0.1) is 5.69 Å². The Morgan fingerprint density at radius 3 is 2.55 bits per heavy atom. The van der Waals surface area contributed by atoms with Gasteiger partial charge in [0.1, 0.15) is 5.75 Å². The van der Waals surface area contributed by atoms with Crippen LogP contribution >= 0.6 is 12.6 Å². The first kappa shape index (κ1) is 16.2. The van der Waals surface area contributed by atoms with Crippen LogP contribution in [0.1, 0.15) is 12.5 Å². The van der Waals surface area contributed by atoms with Gasteiger partial charge in [-0.05, 0) is 43.3 Å². The molecule has 0 unspecified atom stereocenters. The lowest BCUT2D eigenvalue weighted by Gasteiger charge is -2.13. The standard InChI is InChI=1S/C18H20N2OS/c1-13(19-16-6-4-5-7-18(16)22)8-9-14-10-11-15(20(2)3)12-17(14)21/h4-12,21-22H,1-3H3/b9-8+,19-13?. The summed E-state index contributed by atoms with van der Waals surface area (Å²) in [6.45, 7) is 1.92. The van der Waals surface area contributed by atoms with Gasteiger partial charge in [0.25, 0.3) is 0 Å². The van der Waals surface area contributed by atoms with Crippen LogP contribution in [0.2, 0.25) is 0 Å². The molecule has 0 amide bonds. The van der Waals surface area contributed by atoms with Gasteiger partial charge < -0.3 is 10.0 Å². The number of hydrogen-bond donors (Lipinski definition) is 2. The number of aromatic hydroxyl groups is 1. The molecule has 0 aliphatic heterocycles. The molecule has 0 saturated heterocycles. The monoisotopic (exact) mass is 312 g/mol. The summed E-state index contributed by atoms with van der Waals surface area (Å²) in [4.78, 5) is 7.30. The first-order valence-corrected chi connectivity index (χ1v) is 7.44. The lowest BCUT2D eigenvalue weighted by molar-refractivity contribution is 0.474. The van der Waals surface area contributed by atoms with Gasteiger partial charge in [0.2, 0.25) is 0 Å². The topological polar surface area (TPSA) is 35.8 Å². The normalized spacial score (nSPS) is 11.9. The van der Waals surface area contributed by atoms with Gasteiger partial charge in [-0.3, -0.25) is 4.99 Å². The Labute approximate surface area is 137 Å². The van der Waals surface area contributed by atoms with E-state index in [1.165, 1.54) is 0 Å². The third kappa shape index (κ3) is 4.15. The van der Waals surface area contributed by atoms with Gasteiger partial charge in [-0.25, -0.2) is 0 Å². The second kappa shape index (κ2) is 7.18. The fraction of sp³-hybridized carbons (Fsp3) is 0.167. The molecule has 0 spiro atoms. The van der Waals surface area contributed by atoms with E-state index in [0.717, 1.165) is 27.5 Å². The van der Waals surface area contributed by atoms with E-state index in [1.54, 1.807) is 6.07 Å². The highest BCUT2D eigenvalue weighted by molar-refractivity contribution is 7.80. The van der Waals surface area contributed by atoms with Crippen molar-refractivity contribution in [2.24, 2.45) is 4.99 Å². The molecular formula is C18H20N2OS. The lowest BCUT2D eigenvalue weighted by atomic mass is 10.1. The molecule has 0 atom stereocenters. The molecule has 0 bridgehead atoms. The summed E-state index contributed by atoms with van der Waals surface area (Å²) in [6, 6.07) is 13.3. The zero-order chi connectivity index (χ0) is 16.1. The lowest BCUT2D eigenvalue weighted by Crippen LogP contribution is -2.08. The second-order valence-electron chi connectivity index (χ2n) is 5.21. The molecule has 0 aromatic heterocycles. The van der Waals surface area contributed by atoms with E-state index in [9.17, 15) is 5.11 Å². The quantitative estimate of drug-likeness (QED) is 0.641. The molecule has 114 valence electrons. The highest BCUT2D eigenvalue weighted by atomic mass is 32.1. The molecule has 4 heteroatoms. The van der Waals surface area contributed by atoms with Crippen molar-refractivity contribution in [3.63, 3.8) is 0 Å². The number of phenols is 1. The van der Waals surface area contributed by atoms with Crippen LogP contribution in [0, 0.1) is 0 Å². The Morgan fingerprint density at radius 1 is 1.18 bits per heavy atom. The number of allylic oxidation sites excluding steroid dienone is 1. The molecule has 0 radical (unpaired) electrons. The van der Waals surface area contributed by atoms with Gasteiger partial charge in [0.15, 0.2) is 0 Å². The number of nitrogens with zero attached hydrogens (tertiary/aromatic N) is 2. The number of benzene rings is 2. The molecule has 22 heavy (non-hydrogen) atoms. The zero-order valence-corrected chi connectivity index (χ0v) is 13.9. The summed E-state index contributed by atoms with van der Waals surface area (Å²) in [5.74, 6) is 0.254. The number of rotatable bonds is 4. The van der Waals surface area contributed by atoms with Crippen LogP contribution in [0.25, 0.3) is 6.08 Å². The maximum atomic E-state index is 10.1. The summed E-state index contributed by atoms with van der Waals surface area (Å²) in [7, 11) is 3.88. The van der Waals surface area contributed by atoms with E-state index in [0.29, 0.717) is 0 Å². The maximum absolute atomic E-state index is 10.1. The van der Waals surface area contributed by atoms with Crippen LogP contribution in [0.4, 0.5) is 11.4 Å². The Bertz CT molecular complexity index is 721. The van der Waals surface area contributed by atoms with Crippen molar-refractivity contribution >= 4 is 35.8 Å². The summed E-state index contributed by atoms with van der Waals surface area (Å²) >= 11 is 4.38. The molecule has 1 N–H and O–H groups in total. The average molecular weight is 312 g/mol. The van der Waals surface area contributed by atoms with Crippen molar-refractivity contribution in [1.29, 1.82) is 0 Å². The van der Waals surface area contributed by atoms with E-state index in [2.05, 4.69) is 17.6 Å². The predicted molar refractivity (Wildman–Crippen MR) is 97.9 cm³/mol. The second-order valence-corrected chi connectivity index (χ2v) is 5.69. The van der Waals surface area contributed by atoms with Gasteiger partial charge in [-0.15, -0.1) is 12.6 Å². The van der Waals surface area contributed by atoms with Gasteiger partial charge in [0, 0.05) is 42.0 Å². The van der Waals surface area contributed by atoms with Crippen LogP contribution in [0.5, 0.6) is 5.75 Å². The van der Waals surface area contributed by atoms with Crippen LogP contribution < -0.4 is 4.90 Å². The van der Waals surface area contributed by atoms with Crippen LogP contribution in [-0.4, -0.2) is 24.9 Å². The molecule has 0 aliphatic carbocycles. The van der Waals surface area contributed by atoms with E-state index >= 15 is 0 Å². The van der Waals surface area contributed by atoms with Crippen molar-refractivity contribution in [2.45, 2.75) is 11.8 Å². The van der Waals surface area contributed by atoms with Gasteiger partial charge in [-0.1, -0.05) is 12.1 Å². The van der Waals surface area contributed by atoms with Crippen molar-refractivity contribution in [1.82, 2.24) is 0 Å². The number of phenolic OH excluding ortho intramolecular Hbond substituents is 1. The Hall–Kier alpha value is -2.20. The predicted octanol–water partition coefficient (Wildman–Crippen LogP) is 4.55. The highest BCUT2D eigenvalue weighted by Crippen LogP contribution is 2.25. The van der Waals surface area contributed by atoms with Crippen molar-refractivity contribution in [3.8, 4) is 5.75 Å². The molecule has 0 heterocycles. The SMILES string of the molecule is CC(/C=C/c1ccc(N(C)C)cc1O)=Nc1ccccc1S. The number of aliphatic imine (C=N–C) groups is 1. The minimum atomic E-state index is 0.254. The third-order valence-corrected chi connectivity index (χ3v) is 3.59. The summed E-state index contributed by atoms with van der Waals surface area (Å²) in [5, 5.41) is 10.1. The minimum Gasteiger partial charge on any atom is -0.507 e. The summed E-state index contributed by atoms with van der Waals surface area (Å²) in [6.07, 6.45) is 3.74. The molecule has 2 aromatic rings. The van der Waals surface area contributed by atoms with Crippen molar-refractivity contribution in [3.05, 3.63) is 54.1 Å². The van der Waals surface area contributed by atoms with Crippen LogP contribution in [-0.2, 0) is 0 Å². The fourth-order valence-corrected chi connectivity index (χ4v) is 2.16. The van der Waals surface area contributed by atoms with E-state index in [-0.39, 0.29) is 5.75 Å². The van der Waals surface area contributed by atoms with Gasteiger partial charge in [-0.2, -0.15) is 0 Å². The Kier molecular flexibility index (Phi) is 5.28. The largest absolute Gasteiger partial charge is 0.507 e. The molecule has 0 aliphatic rings. The van der Waals surface area contributed by atoms with Crippen LogP contribution in [0.15, 0.2) is 58.4 Å². The fourth-order valence-electron chi connectivity index (χ4n) is 1.95. The number of thiol groups is 1. The molecular weight excluding hydrogens is 292 g/mol. The molecule has 2 aromatic carbocycles. The highest BCUT2D eigenvalue weighted by Gasteiger charge is 2.01. The Morgan fingerprint density at radius 2 is 1.91 bits per heavy atom.